The Morgan fingerprint density at radius 2 is 1.92 bits per heavy atom. The summed E-state index contributed by atoms with van der Waals surface area (Å²) in [5.74, 6) is 0.873. The summed E-state index contributed by atoms with van der Waals surface area (Å²) in [6.45, 7) is 4.24. The zero-order valence-corrected chi connectivity index (χ0v) is 7.04. The normalized spacial score (nSPS) is 11.8. The van der Waals surface area contributed by atoms with Gasteiger partial charge in [-0.15, -0.1) is 0 Å². The molecule has 1 N–H and O–H groups in total. The predicted octanol–water partition coefficient (Wildman–Crippen LogP) is 2.26. The van der Waals surface area contributed by atoms with Crippen LogP contribution in [0.4, 0.5) is 0 Å². The van der Waals surface area contributed by atoms with Gasteiger partial charge in [-0.05, 0) is 24.0 Å². The van der Waals surface area contributed by atoms with Gasteiger partial charge in [-0.25, -0.2) is 0 Å². The molecule has 0 fully saturated rings. The van der Waals surface area contributed by atoms with E-state index in [1.54, 1.807) is 6.07 Å². The van der Waals surface area contributed by atoms with E-state index in [9.17, 15) is 5.11 Å². The number of aromatic hydroxyl groups is 1. The summed E-state index contributed by atoms with van der Waals surface area (Å²) in [6, 6.07) is 7.52. The third-order valence-corrected chi connectivity index (χ3v) is 2.08. The van der Waals surface area contributed by atoms with Crippen LogP contribution in [0, 0.1) is 0 Å². The van der Waals surface area contributed by atoms with Gasteiger partial charge >= 0.3 is 18.9 Å². The molecule has 1 aromatic carbocycles. The molecule has 1 unspecified atom stereocenters. The molecule has 0 heterocycles. The molecule has 2 heteroatoms. The van der Waals surface area contributed by atoms with E-state index in [4.69, 9.17) is 0 Å². The molecular formula is C10H15LiO. The van der Waals surface area contributed by atoms with Crippen LogP contribution >= 0.6 is 0 Å². The molecule has 0 bridgehead atoms. The summed E-state index contributed by atoms with van der Waals surface area (Å²) in [5, 5.41) is 9.41. The van der Waals surface area contributed by atoms with Crippen LogP contribution in [-0.2, 0) is 0 Å². The summed E-state index contributed by atoms with van der Waals surface area (Å²) < 4.78 is 0. The molecule has 0 aliphatic carbocycles. The predicted molar refractivity (Wildman–Crippen MR) is 54.0 cm³/mol. The van der Waals surface area contributed by atoms with Gasteiger partial charge in [-0.1, -0.05) is 32.0 Å². The first kappa shape index (κ1) is 11.6. The minimum absolute atomic E-state index is 0. The first-order chi connectivity index (χ1) is 5.25. The minimum atomic E-state index is 0. The number of hydrogen-bond acceptors (Lipinski definition) is 1. The van der Waals surface area contributed by atoms with Gasteiger partial charge in [0.15, 0.2) is 0 Å². The topological polar surface area (TPSA) is 20.2 Å². The van der Waals surface area contributed by atoms with Gasteiger partial charge in [0.25, 0.3) is 0 Å². The molecule has 0 spiro atoms. The molecule has 62 valence electrons. The van der Waals surface area contributed by atoms with Crippen molar-refractivity contribution in [3.05, 3.63) is 29.8 Å². The van der Waals surface area contributed by atoms with Crippen LogP contribution < -0.4 is 0 Å². The summed E-state index contributed by atoms with van der Waals surface area (Å²) in [6.07, 6.45) is 1.07. The summed E-state index contributed by atoms with van der Waals surface area (Å²) >= 11 is 0. The van der Waals surface area contributed by atoms with Gasteiger partial charge in [0.05, 0.1) is 0 Å². The summed E-state index contributed by atoms with van der Waals surface area (Å²) in [5.41, 5.74) is 1.05. The van der Waals surface area contributed by atoms with Crippen molar-refractivity contribution in [2.75, 3.05) is 0 Å². The van der Waals surface area contributed by atoms with Crippen molar-refractivity contribution in [2.45, 2.75) is 26.2 Å². The number of rotatable bonds is 2. The summed E-state index contributed by atoms with van der Waals surface area (Å²) in [4.78, 5) is 0. The molecule has 0 aliphatic heterocycles. The van der Waals surface area contributed by atoms with Crippen molar-refractivity contribution < 1.29 is 5.11 Å². The third kappa shape index (κ3) is 2.59. The first-order valence-corrected chi connectivity index (χ1v) is 4.03. The van der Waals surface area contributed by atoms with E-state index in [1.807, 2.05) is 18.2 Å². The molecule has 0 aromatic heterocycles. The number of benzene rings is 1. The quantitative estimate of drug-likeness (QED) is 0.654. The number of phenolic OH excluding ortho intramolecular Hbond substituents is 1. The number of hydrogen-bond donors (Lipinski definition) is 1. The Morgan fingerprint density at radius 1 is 1.33 bits per heavy atom. The second kappa shape index (κ2) is 5.30. The summed E-state index contributed by atoms with van der Waals surface area (Å²) in [7, 11) is 0. The molecule has 1 nitrogen and oxygen atoms in total. The van der Waals surface area contributed by atoms with Gasteiger partial charge in [-0.3, -0.25) is 0 Å². The van der Waals surface area contributed by atoms with Crippen LogP contribution in [0.25, 0.3) is 0 Å². The molecule has 0 saturated heterocycles. The average molecular weight is 158 g/mol. The Labute approximate surface area is 86.0 Å². The van der Waals surface area contributed by atoms with Crippen LogP contribution in [-0.4, -0.2) is 24.0 Å². The van der Waals surface area contributed by atoms with Gasteiger partial charge in [-0.2, -0.15) is 0 Å². The molecule has 0 aliphatic rings. The maximum absolute atomic E-state index is 9.41. The fourth-order valence-corrected chi connectivity index (χ4v) is 1.12. The van der Waals surface area contributed by atoms with Gasteiger partial charge in [0, 0.05) is 0 Å². The van der Waals surface area contributed by atoms with Crippen molar-refractivity contribution in [1.29, 1.82) is 0 Å². The molecule has 1 atom stereocenters. The maximum atomic E-state index is 9.41. The molecule has 12 heavy (non-hydrogen) atoms. The zero-order chi connectivity index (χ0) is 8.27. The van der Waals surface area contributed by atoms with Crippen molar-refractivity contribution in [2.24, 2.45) is 0 Å². The molecule has 1 aromatic rings. The Hall–Kier alpha value is -0.383. The van der Waals surface area contributed by atoms with Gasteiger partial charge < -0.3 is 5.11 Å². The van der Waals surface area contributed by atoms with Crippen LogP contribution in [0.2, 0.25) is 0 Å². The van der Waals surface area contributed by atoms with E-state index in [0.29, 0.717) is 11.7 Å². The second-order valence-electron chi connectivity index (χ2n) is 2.87. The van der Waals surface area contributed by atoms with E-state index >= 15 is 0 Å². The number of para-hydroxylation sites is 1. The van der Waals surface area contributed by atoms with E-state index < -0.39 is 0 Å². The SMILES string of the molecule is CCC(C)c1ccccc1O.[LiH]. The fourth-order valence-electron chi connectivity index (χ4n) is 1.12. The first-order valence-electron chi connectivity index (χ1n) is 4.03. The molecule has 1 rings (SSSR count). The zero-order valence-electron chi connectivity index (χ0n) is 7.04. The van der Waals surface area contributed by atoms with Crippen LogP contribution in [0.15, 0.2) is 24.3 Å². The monoisotopic (exact) mass is 158 g/mol. The van der Waals surface area contributed by atoms with Crippen molar-refractivity contribution in [3.8, 4) is 5.75 Å². The van der Waals surface area contributed by atoms with Crippen molar-refractivity contribution in [1.82, 2.24) is 0 Å². The van der Waals surface area contributed by atoms with Gasteiger partial charge in [0.2, 0.25) is 0 Å². The van der Waals surface area contributed by atoms with Crippen molar-refractivity contribution in [3.63, 3.8) is 0 Å². The second-order valence-corrected chi connectivity index (χ2v) is 2.87. The third-order valence-electron chi connectivity index (χ3n) is 2.08. The van der Waals surface area contributed by atoms with Crippen molar-refractivity contribution >= 4 is 18.9 Å². The fraction of sp³-hybridized carbons (Fsp3) is 0.400. The molecule has 0 saturated carbocycles. The Bertz CT molecular complexity index is 235. The molecule has 0 radical (unpaired) electrons. The van der Waals surface area contributed by atoms with Crippen LogP contribution in [0.1, 0.15) is 31.7 Å². The Kier molecular flexibility index (Phi) is 5.13. The van der Waals surface area contributed by atoms with Crippen LogP contribution in [0.3, 0.4) is 0 Å². The molecule has 0 amide bonds. The van der Waals surface area contributed by atoms with E-state index in [1.165, 1.54) is 0 Å². The van der Waals surface area contributed by atoms with Gasteiger partial charge in [0.1, 0.15) is 5.75 Å². The van der Waals surface area contributed by atoms with E-state index in [0.717, 1.165) is 12.0 Å². The van der Waals surface area contributed by atoms with E-state index in [2.05, 4.69) is 13.8 Å². The Morgan fingerprint density at radius 3 is 2.42 bits per heavy atom. The van der Waals surface area contributed by atoms with E-state index in [-0.39, 0.29) is 18.9 Å². The van der Waals surface area contributed by atoms with Crippen LogP contribution in [0.5, 0.6) is 5.75 Å². The molecular weight excluding hydrogens is 143 g/mol. The average Bonchev–Trinajstić information content (AvgIpc) is 2.04. The Balaban J connectivity index is 0.00000121. The standard InChI is InChI=1S/C10H14O.Li.H/c1-3-8(2)9-6-4-5-7-10(9)11;;/h4-8,11H,3H2,1-2H3;;. The number of phenols is 1.